The van der Waals surface area contributed by atoms with Crippen molar-refractivity contribution in [2.75, 3.05) is 0 Å². The van der Waals surface area contributed by atoms with Crippen molar-refractivity contribution >= 4 is 17.3 Å². The van der Waals surface area contributed by atoms with Gasteiger partial charge in [0.2, 0.25) is 0 Å². The Balaban J connectivity index is 1.58. The third kappa shape index (κ3) is 4.45. The summed E-state index contributed by atoms with van der Waals surface area (Å²) in [6.45, 7) is 2.30. The van der Waals surface area contributed by atoms with Gasteiger partial charge >= 0.3 is 0 Å². The molecule has 1 fully saturated rings. The molecule has 2 aromatic rings. The van der Waals surface area contributed by atoms with Crippen LogP contribution in [0.5, 0.6) is 5.75 Å². The molecule has 0 amide bonds. The fraction of sp³-hybridized carbons (Fsp3) is 0.409. The second kappa shape index (κ2) is 8.43. The molecule has 2 aromatic carbocycles. The van der Waals surface area contributed by atoms with Crippen molar-refractivity contribution in [1.29, 1.82) is 0 Å². The lowest BCUT2D eigenvalue weighted by Crippen LogP contribution is -2.13. The average Bonchev–Trinajstić information content (AvgIpc) is 2.64. The third-order valence-electron chi connectivity index (χ3n) is 5.12. The Morgan fingerprint density at radius 2 is 1.62 bits per heavy atom. The maximum atomic E-state index is 5.76. The molecular formula is C22H26OS. The number of ether oxygens (including phenoxy) is 1. The van der Waals surface area contributed by atoms with Gasteiger partial charge in [0.25, 0.3) is 0 Å². The minimum absolute atomic E-state index is 0.541. The van der Waals surface area contributed by atoms with Gasteiger partial charge in [-0.3, -0.25) is 0 Å². The minimum atomic E-state index is 0.541. The fourth-order valence-corrected chi connectivity index (χ4v) is 3.97. The van der Waals surface area contributed by atoms with E-state index < -0.39 is 0 Å². The monoisotopic (exact) mass is 338 g/mol. The Morgan fingerprint density at radius 1 is 0.958 bits per heavy atom. The van der Waals surface area contributed by atoms with E-state index in [9.17, 15) is 0 Å². The SMILES string of the molecule is CCCC1CCC(c2ccc(C(=S)Oc3ccccc3)cc2)CC1. The second-order valence-electron chi connectivity index (χ2n) is 6.83. The van der Waals surface area contributed by atoms with E-state index in [1.807, 2.05) is 30.3 Å². The van der Waals surface area contributed by atoms with E-state index in [2.05, 4.69) is 31.2 Å². The zero-order valence-electron chi connectivity index (χ0n) is 14.4. The minimum Gasteiger partial charge on any atom is -0.445 e. The Hall–Kier alpha value is -1.67. The van der Waals surface area contributed by atoms with Gasteiger partial charge in [-0.25, -0.2) is 0 Å². The summed E-state index contributed by atoms with van der Waals surface area (Å²) < 4.78 is 5.76. The number of para-hydroxylation sites is 1. The summed E-state index contributed by atoms with van der Waals surface area (Å²) in [4.78, 5) is 0. The van der Waals surface area contributed by atoms with E-state index in [1.165, 1.54) is 44.1 Å². The molecular weight excluding hydrogens is 312 g/mol. The van der Waals surface area contributed by atoms with Crippen molar-refractivity contribution in [3.05, 3.63) is 65.7 Å². The Morgan fingerprint density at radius 3 is 2.25 bits per heavy atom. The summed E-state index contributed by atoms with van der Waals surface area (Å²) in [7, 11) is 0. The number of hydrogen-bond acceptors (Lipinski definition) is 2. The van der Waals surface area contributed by atoms with Gasteiger partial charge in [0, 0.05) is 5.56 Å². The molecule has 1 saturated carbocycles. The van der Waals surface area contributed by atoms with Crippen LogP contribution in [0.1, 0.15) is 62.5 Å². The van der Waals surface area contributed by atoms with Crippen LogP contribution in [0.2, 0.25) is 0 Å². The third-order valence-corrected chi connectivity index (χ3v) is 5.43. The van der Waals surface area contributed by atoms with Gasteiger partial charge in [0.15, 0.2) is 5.05 Å². The van der Waals surface area contributed by atoms with Gasteiger partial charge < -0.3 is 4.74 Å². The lowest BCUT2D eigenvalue weighted by atomic mass is 9.77. The molecule has 0 spiro atoms. The lowest BCUT2D eigenvalue weighted by Gasteiger charge is -2.28. The van der Waals surface area contributed by atoms with Gasteiger partial charge in [0.05, 0.1) is 0 Å². The van der Waals surface area contributed by atoms with E-state index in [1.54, 1.807) is 0 Å². The van der Waals surface area contributed by atoms with Crippen molar-refractivity contribution in [3.8, 4) is 5.75 Å². The molecule has 0 saturated heterocycles. The highest BCUT2D eigenvalue weighted by Crippen LogP contribution is 2.37. The highest BCUT2D eigenvalue weighted by atomic mass is 32.1. The van der Waals surface area contributed by atoms with Gasteiger partial charge in [0.1, 0.15) is 5.75 Å². The maximum absolute atomic E-state index is 5.76. The summed E-state index contributed by atoms with van der Waals surface area (Å²) >= 11 is 5.42. The molecule has 1 aliphatic rings. The van der Waals surface area contributed by atoms with E-state index in [4.69, 9.17) is 17.0 Å². The molecule has 0 bridgehead atoms. The Kier molecular flexibility index (Phi) is 6.03. The first-order chi connectivity index (χ1) is 11.8. The first kappa shape index (κ1) is 17.2. The quantitative estimate of drug-likeness (QED) is 0.574. The zero-order chi connectivity index (χ0) is 16.8. The van der Waals surface area contributed by atoms with Crippen molar-refractivity contribution in [3.63, 3.8) is 0 Å². The van der Waals surface area contributed by atoms with Crippen LogP contribution in [0.3, 0.4) is 0 Å². The van der Waals surface area contributed by atoms with Crippen LogP contribution in [0.15, 0.2) is 54.6 Å². The fourth-order valence-electron chi connectivity index (χ4n) is 3.74. The van der Waals surface area contributed by atoms with E-state index in [0.717, 1.165) is 23.1 Å². The number of hydrogen-bond donors (Lipinski definition) is 0. The molecule has 126 valence electrons. The maximum Gasteiger partial charge on any atom is 0.198 e. The predicted octanol–water partition coefficient (Wildman–Crippen LogP) is 6.52. The summed E-state index contributed by atoms with van der Waals surface area (Å²) in [6, 6.07) is 18.4. The van der Waals surface area contributed by atoms with Gasteiger partial charge in [-0.2, -0.15) is 0 Å². The first-order valence-corrected chi connectivity index (χ1v) is 9.54. The molecule has 0 heterocycles. The topological polar surface area (TPSA) is 9.23 Å². The molecule has 0 aromatic heterocycles. The molecule has 24 heavy (non-hydrogen) atoms. The van der Waals surface area contributed by atoms with Crippen molar-refractivity contribution in [1.82, 2.24) is 0 Å². The van der Waals surface area contributed by atoms with Crippen molar-refractivity contribution in [2.24, 2.45) is 5.92 Å². The number of benzene rings is 2. The van der Waals surface area contributed by atoms with E-state index in [-0.39, 0.29) is 0 Å². The van der Waals surface area contributed by atoms with E-state index >= 15 is 0 Å². The van der Waals surface area contributed by atoms with Gasteiger partial charge in [-0.05, 0) is 67.4 Å². The van der Waals surface area contributed by atoms with Crippen LogP contribution in [0.25, 0.3) is 0 Å². The van der Waals surface area contributed by atoms with Gasteiger partial charge in [-0.15, -0.1) is 0 Å². The number of rotatable bonds is 5. The summed E-state index contributed by atoms with van der Waals surface area (Å²) in [5.74, 6) is 2.47. The van der Waals surface area contributed by atoms with Crippen molar-refractivity contribution in [2.45, 2.75) is 51.4 Å². The van der Waals surface area contributed by atoms with Crippen molar-refractivity contribution < 1.29 is 4.74 Å². The molecule has 1 nitrogen and oxygen atoms in total. The highest BCUT2D eigenvalue weighted by Gasteiger charge is 2.21. The second-order valence-corrected chi connectivity index (χ2v) is 7.20. The zero-order valence-corrected chi connectivity index (χ0v) is 15.2. The average molecular weight is 339 g/mol. The van der Waals surface area contributed by atoms with Crippen LogP contribution in [0, 0.1) is 5.92 Å². The van der Waals surface area contributed by atoms with Crippen LogP contribution in [-0.4, -0.2) is 5.05 Å². The first-order valence-electron chi connectivity index (χ1n) is 9.13. The normalized spacial score (nSPS) is 20.5. The lowest BCUT2D eigenvalue weighted by molar-refractivity contribution is 0.308. The van der Waals surface area contributed by atoms with Crippen LogP contribution in [-0.2, 0) is 0 Å². The number of thiocarbonyl (C=S) groups is 1. The molecule has 3 rings (SSSR count). The molecule has 2 heteroatoms. The molecule has 0 N–H and O–H groups in total. The summed E-state index contributed by atoms with van der Waals surface area (Å²) in [6.07, 6.45) is 8.15. The Bertz CT molecular complexity index is 639. The summed E-state index contributed by atoms with van der Waals surface area (Å²) in [5, 5.41) is 0.541. The summed E-state index contributed by atoms with van der Waals surface area (Å²) in [5.41, 5.74) is 2.44. The van der Waals surface area contributed by atoms with Crippen LogP contribution >= 0.6 is 12.2 Å². The highest BCUT2D eigenvalue weighted by molar-refractivity contribution is 7.80. The van der Waals surface area contributed by atoms with Crippen LogP contribution in [0.4, 0.5) is 0 Å². The molecule has 0 unspecified atom stereocenters. The largest absolute Gasteiger partial charge is 0.445 e. The van der Waals surface area contributed by atoms with Crippen LogP contribution < -0.4 is 4.74 Å². The molecule has 1 aliphatic carbocycles. The van der Waals surface area contributed by atoms with Gasteiger partial charge in [-0.1, -0.05) is 62.2 Å². The smallest absolute Gasteiger partial charge is 0.198 e. The standard InChI is InChI=1S/C22H26OS/c1-2-6-17-9-11-18(12-10-17)19-13-15-20(16-14-19)22(24)23-21-7-4-3-5-8-21/h3-5,7-8,13-18H,2,6,9-12H2,1H3. The molecule has 0 atom stereocenters. The molecule has 0 radical (unpaired) electrons. The molecule has 0 aliphatic heterocycles. The van der Waals surface area contributed by atoms with E-state index in [0.29, 0.717) is 5.05 Å². The predicted molar refractivity (Wildman–Crippen MR) is 105 cm³/mol. The Labute approximate surface area is 151 Å².